The maximum absolute atomic E-state index is 10.4. The van der Waals surface area contributed by atoms with Gasteiger partial charge in [-0.05, 0) is 24.3 Å². The van der Waals surface area contributed by atoms with E-state index in [2.05, 4.69) is 12.0 Å². The van der Waals surface area contributed by atoms with Crippen LogP contribution in [0.2, 0.25) is 0 Å². The molecule has 0 fully saturated rings. The first kappa shape index (κ1) is 11.3. The molecule has 12 heavy (non-hydrogen) atoms. The fraction of sp³-hybridized carbons (Fsp3) is 0.667. The average Bonchev–Trinajstić information content (AvgIpc) is 2.12. The van der Waals surface area contributed by atoms with E-state index in [0.717, 1.165) is 6.29 Å². The minimum atomic E-state index is 0.175. The van der Waals surface area contributed by atoms with E-state index in [4.69, 9.17) is 5.84 Å². The average molecular weight is 170 g/mol. The van der Waals surface area contributed by atoms with Gasteiger partial charge in [0.2, 0.25) is 0 Å². The van der Waals surface area contributed by atoms with E-state index in [1.165, 1.54) is 0 Å². The molecule has 3 heteroatoms. The summed E-state index contributed by atoms with van der Waals surface area (Å²) in [5.74, 6) is 5.77. The first-order valence-corrected chi connectivity index (χ1v) is 4.14. The summed E-state index contributed by atoms with van der Waals surface area (Å²) in [6.45, 7) is 9.69. The Bertz CT molecular complexity index is 168. The number of hydrogen-bond acceptors (Lipinski definition) is 3. The third-order valence-electron chi connectivity index (χ3n) is 2.58. The van der Waals surface area contributed by atoms with E-state index in [0.29, 0.717) is 11.5 Å². The summed E-state index contributed by atoms with van der Waals surface area (Å²) in [5.41, 5.74) is 3.30. The highest BCUT2D eigenvalue weighted by Crippen LogP contribution is 2.20. The first-order valence-electron chi connectivity index (χ1n) is 4.14. The third kappa shape index (κ3) is 2.75. The minimum absolute atomic E-state index is 0.175. The molecule has 0 saturated carbocycles. The monoisotopic (exact) mass is 170 g/mol. The van der Waals surface area contributed by atoms with Crippen LogP contribution in [0.1, 0.15) is 20.8 Å². The molecule has 1 unspecified atom stereocenters. The van der Waals surface area contributed by atoms with Crippen molar-refractivity contribution in [1.29, 1.82) is 0 Å². The van der Waals surface area contributed by atoms with Crippen molar-refractivity contribution in [3.8, 4) is 0 Å². The van der Waals surface area contributed by atoms with Crippen LogP contribution in [0.4, 0.5) is 0 Å². The van der Waals surface area contributed by atoms with Crippen molar-refractivity contribution in [2.75, 3.05) is 0 Å². The van der Waals surface area contributed by atoms with E-state index in [-0.39, 0.29) is 12.0 Å². The SMILES string of the molecule is C=C(C=O)C(C)[C@H](C)[C@@H](C)NN. The molecule has 0 aromatic heterocycles. The maximum atomic E-state index is 10.4. The molecule has 0 aromatic rings. The van der Waals surface area contributed by atoms with Gasteiger partial charge in [-0.15, -0.1) is 0 Å². The highest BCUT2D eigenvalue weighted by atomic mass is 16.1. The van der Waals surface area contributed by atoms with Crippen molar-refractivity contribution in [1.82, 2.24) is 5.43 Å². The van der Waals surface area contributed by atoms with E-state index in [1.54, 1.807) is 0 Å². The Morgan fingerprint density at radius 3 is 2.33 bits per heavy atom. The zero-order valence-electron chi connectivity index (χ0n) is 8.00. The second-order valence-corrected chi connectivity index (χ2v) is 3.30. The Morgan fingerprint density at radius 1 is 1.50 bits per heavy atom. The quantitative estimate of drug-likeness (QED) is 0.278. The van der Waals surface area contributed by atoms with Crippen molar-refractivity contribution in [2.24, 2.45) is 17.7 Å². The lowest BCUT2D eigenvalue weighted by Crippen LogP contribution is -2.40. The maximum Gasteiger partial charge on any atom is 0.145 e. The van der Waals surface area contributed by atoms with Crippen molar-refractivity contribution < 1.29 is 4.79 Å². The number of carbonyl (C=O) groups is 1. The lowest BCUT2D eigenvalue weighted by molar-refractivity contribution is -0.105. The predicted molar refractivity (Wildman–Crippen MR) is 50.3 cm³/mol. The van der Waals surface area contributed by atoms with E-state index in [9.17, 15) is 4.79 Å². The van der Waals surface area contributed by atoms with Crippen molar-refractivity contribution in [2.45, 2.75) is 26.8 Å². The number of allylic oxidation sites excluding steroid dienone is 1. The number of carbonyl (C=O) groups excluding carboxylic acids is 1. The number of nitrogens with two attached hydrogens (primary N) is 1. The van der Waals surface area contributed by atoms with Crippen LogP contribution in [-0.2, 0) is 4.79 Å². The molecule has 0 bridgehead atoms. The topological polar surface area (TPSA) is 55.1 Å². The van der Waals surface area contributed by atoms with Crippen molar-refractivity contribution in [3.63, 3.8) is 0 Å². The second kappa shape index (κ2) is 5.06. The molecule has 0 aromatic carbocycles. The highest BCUT2D eigenvalue weighted by molar-refractivity contribution is 5.72. The van der Waals surface area contributed by atoms with Crippen LogP contribution in [0.15, 0.2) is 12.2 Å². The Labute approximate surface area is 74.0 Å². The van der Waals surface area contributed by atoms with E-state index in [1.807, 2.05) is 20.8 Å². The Morgan fingerprint density at radius 2 is 2.00 bits per heavy atom. The van der Waals surface area contributed by atoms with Gasteiger partial charge in [-0.3, -0.25) is 16.1 Å². The molecule has 3 N–H and O–H groups in total. The molecule has 0 radical (unpaired) electrons. The number of aldehydes is 1. The highest BCUT2D eigenvalue weighted by Gasteiger charge is 2.19. The molecule has 3 atom stereocenters. The Hall–Kier alpha value is -0.670. The minimum Gasteiger partial charge on any atom is -0.298 e. The summed E-state index contributed by atoms with van der Waals surface area (Å²) in [7, 11) is 0. The Balaban J connectivity index is 4.17. The summed E-state index contributed by atoms with van der Waals surface area (Å²) in [5, 5.41) is 0. The van der Waals surface area contributed by atoms with E-state index < -0.39 is 0 Å². The van der Waals surface area contributed by atoms with Gasteiger partial charge in [0.05, 0.1) is 0 Å². The smallest absolute Gasteiger partial charge is 0.145 e. The van der Waals surface area contributed by atoms with Gasteiger partial charge in [0.25, 0.3) is 0 Å². The lowest BCUT2D eigenvalue weighted by Gasteiger charge is -2.24. The molecule has 0 aliphatic rings. The number of hydrazine groups is 1. The zero-order valence-corrected chi connectivity index (χ0v) is 8.00. The molecule has 0 aliphatic carbocycles. The summed E-state index contributed by atoms with van der Waals surface area (Å²) in [6.07, 6.45) is 0.810. The third-order valence-corrected chi connectivity index (χ3v) is 2.58. The molecule has 0 amide bonds. The largest absolute Gasteiger partial charge is 0.298 e. The normalized spacial score (nSPS) is 18.0. The van der Waals surface area contributed by atoms with Gasteiger partial charge < -0.3 is 0 Å². The molecular formula is C9H18N2O. The van der Waals surface area contributed by atoms with Crippen molar-refractivity contribution in [3.05, 3.63) is 12.2 Å². The molecule has 3 nitrogen and oxygen atoms in total. The molecule has 0 rings (SSSR count). The predicted octanol–water partition coefficient (Wildman–Crippen LogP) is 0.866. The van der Waals surface area contributed by atoms with Crippen LogP contribution in [0, 0.1) is 11.8 Å². The van der Waals surface area contributed by atoms with Crippen LogP contribution in [-0.4, -0.2) is 12.3 Å². The second-order valence-electron chi connectivity index (χ2n) is 3.30. The van der Waals surface area contributed by atoms with Crippen LogP contribution in [0.5, 0.6) is 0 Å². The molecule has 0 aliphatic heterocycles. The van der Waals surface area contributed by atoms with Gasteiger partial charge in [0.15, 0.2) is 0 Å². The van der Waals surface area contributed by atoms with Crippen LogP contribution < -0.4 is 11.3 Å². The van der Waals surface area contributed by atoms with Crippen LogP contribution in [0.3, 0.4) is 0 Å². The molecule has 0 spiro atoms. The summed E-state index contributed by atoms with van der Waals surface area (Å²) < 4.78 is 0. The molecular weight excluding hydrogens is 152 g/mol. The number of hydrogen-bond donors (Lipinski definition) is 2. The molecule has 0 saturated heterocycles. The summed E-state index contributed by atoms with van der Waals surface area (Å²) in [6, 6.07) is 0.191. The fourth-order valence-electron chi connectivity index (χ4n) is 1.03. The first-order chi connectivity index (χ1) is 5.54. The fourth-order valence-corrected chi connectivity index (χ4v) is 1.03. The summed E-state index contributed by atoms with van der Waals surface area (Å²) >= 11 is 0. The van der Waals surface area contributed by atoms with Gasteiger partial charge in [0.1, 0.15) is 6.29 Å². The van der Waals surface area contributed by atoms with Gasteiger partial charge in [-0.2, -0.15) is 0 Å². The number of nitrogens with one attached hydrogen (secondary N) is 1. The lowest BCUT2D eigenvalue weighted by atomic mass is 9.85. The summed E-state index contributed by atoms with van der Waals surface area (Å²) in [4.78, 5) is 10.4. The van der Waals surface area contributed by atoms with Crippen molar-refractivity contribution >= 4 is 6.29 Å². The zero-order chi connectivity index (χ0) is 9.72. The number of rotatable bonds is 5. The van der Waals surface area contributed by atoms with Gasteiger partial charge in [0, 0.05) is 6.04 Å². The van der Waals surface area contributed by atoms with E-state index >= 15 is 0 Å². The molecule has 70 valence electrons. The van der Waals surface area contributed by atoms with Gasteiger partial charge in [-0.25, -0.2) is 0 Å². The van der Waals surface area contributed by atoms with Crippen LogP contribution >= 0.6 is 0 Å². The van der Waals surface area contributed by atoms with Gasteiger partial charge in [-0.1, -0.05) is 20.4 Å². The van der Waals surface area contributed by atoms with Gasteiger partial charge >= 0.3 is 0 Å². The standard InChI is InChI=1S/C9H18N2O/c1-6(5-12)7(2)8(3)9(4)11-10/h5,7-9,11H,1,10H2,2-4H3/t7?,8-,9+/m0/s1. The van der Waals surface area contributed by atoms with Crippen LogP contribution in [0.25, 0.3) is 0 Å². The Kier molecular flexibility index (Phi) is 4.78. The molecule has 0 heterocycles.